The van der Waals surface area contributed by atoms with Crippen molar-refractivity contribution in [3.8, 4) is 0 Å². The van der Waals surface area contributed by atoms with Gasteiger partial charge in [-0.1, -0.05) is 48.0 Å². The Morgan fingerprint density at radius 1 is 0.941 bits per heavy atom. The Morgan fingerprint density at radius 2 is 1.68 bits per heavy atom. The predicted octanol–water partition coefficient (Wildman–Crippen LogP) is 6.04. The van der Waals surface area contributed by atoms with Crippen LogP contribution in [0.3, 0.4) is 0 Å². The number of amides is 2. The van der Waals surface area contributed by atoms with Crippen LogP contribution in [0, 0.1) is 0 Å². The smallest absolute Gasteiger partial charge is 0.370 e. The number of nitrogens with one attached hydrogen (secondary N) is 3. The van der Waals surface area contributed by atoms with Gasteiger partial charge in [-0.05, 0) is 54.8 Å². The molecule has 3 aromatic carbocycles. The first-order valence-corrected chi connectivity index (χ1v) is 11.0. The summed E-state index contributed by atoms with van der Waals surface area (Å²) < 4.78 is 39.4. The molecule has 0 heterocycles. The summed E-state index contributed by atoms with van der Waals surface area (Å²) in [6, 6.07) is 17.4. The molecule has 0 unspecified atom stereocenters. The Hall–Kier alpha value is -3.52. The van der Waals surface area contributed by atoms with Gasteiger partial charge >= 0.3 is 6.18 Å². The normalized spacial score (nSPS) is 14.2. The molecule has 1 atom stereocenters. The third-order valence-corrected chi connectivity index (χ3v) is 5.62. The lowest BCUT2D eigenvalue weighted by Gasteiger charge is -2.21. The second-order valence-electron chi connectivity index (χ2n) is 8.00. The van der Waals surface area contributed by atoms with Crippen LogP contribution in [-0.4, -0.2) is 17.9 Å². The van der Waals surface area contributed by atoms with Gasteiger partial charge in [0.05, 0.1) is 16.3 Å². The number of carbonyl (C=O) groups excluding carboxylic acids is 2. The second-order valence-corrected chi connectivity index (χ2v) is 8.41. The predicted molar refractivity (Wildman–Crippen MR) is 125 cm³/mol. The van der Waals surface area contributed by atoms with Crippen molar-refractivity contribution in [1.82, 2.24) is 5.32 Å². The van der Waals surface area contributed by atoms with Crippen LogP contribution < -0.4 is 16.0 Å². The zero-order valence-corrected chi connectivity index (χ0v) is 18.6. The van der Waals surface area contributed by atoms with E-state index in [9.17, 15) is 22.8 Å². The van der Waals surface area contributed by atoms with Gasteiger partial charge in [-0.25, -0.2) is 0 Å². The van der Waals surface area contributed by atoms with Crippen LogP contribution in [0.15, 0.2) is 72.8 Å². The standard InChI is InChI=1S/C25H21ClF3N3O2/c26-20-12-9-17(25(27,28)29)14-21(20)32-24(34)22(15-5-2-1-3-6-15)30-19-8-4-7-16(13-19)23(33)31-18-10-11-18/h1-9,12-14,18,22,30H,10-11H2,(H,31,33)(H,32,34)/t22-/m1/s1. The summed E-state index contributed by atoms with van der Waals surface area (Å²) in [7, 11) is 0. The molecule has 0 aromatic heterocycles. The number of rotatable bonds is 7. The number of carbonyl (C=O) groups is 2. The summed E-state index contributed by atoms with van der Waals surface area (Å²) in [6.45, 7) is 0. The molecule has 34 heavy (non-hydrogen) atoms. The van der Waals surface area contributed by atoms with Crippen molar-refractivity contribution in [3.63, 3.8) is 0 Å². The first kappa shape index (κ1) is 23.6. The van der Waals surface area contributed by atoms with E-state index in [4.69, 9.17) is 11.6 Å². The zero-order valence-electron chi connectivity index (χ0n) is 17.8. The van der Waals surface area contributed by atoms with E-state index in [0.29, 0.717) is 16.8 Å². The molecule has 0 radical (unpaired) electrons. The van der Waals surface area contributed by atoms with Crippen LogP contribution in [0.5, 0.6) is 0 Å². The van der Waals surface area contributed by atoms with E-state index in [1.807, 2.05) is 0 Å². The van der Waals surface area contributed by atoms with Crippen molar-refractivity contribution < 1.29 is 22.8 Å². The number of hydrogen-bond donors (Lipinski definition) is 3. The summed E-state index contributed by atoms with van der Waals surface area (Å²) in [5.41, 5.74) is 0.441. The van der Waals surface area contributed by atoms with E-state index in [1.54, 1.807) is 54.6 Å². The molecule has 1 aliphatic carbocycles. The first-order chi connectivity index (χ1) is 16.2. The van der Waals surface area contributed by atoms with Gasteiger partial charge in [0.1, 0.15) is 6.04 Å². The average Bonchev–Trinajstić information content (AvgIpc) is 3.63. The third kappa shape index (κ3) is 5.88. The molecule has 0 aliphatic heterocycles. The summed E-state index contributed by atoms with van der Waals surface area (Å²) in [5, 5.41) is 8.47. The highest BCUT2D eigenvalue weighted by atomic mass is 35.5. The molecule has 176 valence electrons. The van der Waals surface area contributed by atoms with Crippen LogP contribution in [0.2, 0.25) is 5.02 Å². The number of halogens is 4. The number of alkyl halides is 3. The molecule has 0 saturated heterocycles. The van der Waals surface area contributed by atoms with Gasteiger partial charge in [-0.15, -0.1) is 0 Å². The molecule has 1 saturated carbocycles. The van der Waals surface area contributed by atoms with Gasteiger partial charge in [0.25, 0.3) is 11.8 Å². The Labute approximate surface area is 199 Å². The highest BCUT2D eigenvalue weighted by Crippen LogP contribution is 2.34. The van der Waals surface area contributed by atoms with Crippen molar-refractivity contribution in [2.24, 2.45) is 0 Å². The lowest BCUT2D eigenvalue weighted by atomic mass is 10.0. The number of benzene rings is 3. The lowest BCUT2D eigenvalue weighted by Crippen LogP contribution is -2.28. The second kappa shape index (κ2) is 9.77. The maximum Gasteiger partial charge on any atom is 0.416 e. The minimum atomic E-state index is -4.58. The van der Waals surface area contributed by atoms with Crippen LogP contribution in [0.4, 0.5) is 24.5 Å². The van der Waals surface area contributed by atoms with E-state index < -0.39 is 23.7 Å². The first-order valence-electron chi connectivity index (χ1n) is 10.6. The fourth-order valence-electron chi connectivity index (χ4n) is 3.36. The molecular formula is C25H21ClF3N3O2. The van der Waals surface area contributed by atoms with Crippen LogP contribution in [0.1, 0.15) is 40.4 Å². The zero-order chi connectivity index (χ0) is 24.3. The van der Waals surface area contributed by atoms with Gasteiger partial charge in [0.15, 0.2) is 0 Å². The van der Waals surface area contributed by atoms with Crippen LogP contribution in [0.25, 0.3) is 0 Å². The van der Waals surface area contributed by atoms with Gasteiger partial charge in [0.2, 0.25) is 0 Å². The molecule has 0 spiro atoms. The number of hydrogen-bond acceptors (Lipinski definition) is 3. The summed E-state index contributed by atoms with van der Waals surface area (Å²) in [5.74, 6) is -0.817. The lowest BCUT2D eigenvalue weighted by molar-refractivity contribution is -0.137. The van der Waals surface area contributed by atoms with E-state index in [-0.39, 0.29) is 22.7 Å². The fraction of sp³-hybridized carbons (Fsp3) is 0.200. The summed E-state index contributed by atoms with van der Waals surface area (Å²) in [4.78, 5) is 25.6. The largest absolute Gasteiger partial charge is 0.416 e. The average molecular weight is 488 g/mol. The van der Waals surface area contributed by atoms with Gasteiger partial charge in [-0.2, -0.15) is 13.2 Å². The highest BCUT2D eigenvalue weighted by Gasteiger charge is 2.31. The van der Waals surface area contributed by atoms with E-state index >= 15 is 0 Å². The Balaban J connectivity index is 1.59. The SMILES string of the molecule is O=C(NC1CC1)c1cccc(N[C@@H](C(=O)Nc2cc(C(F)(F)F)ccc2Cl)c2ccccc2)c1. The molecule has 3 aromatic rings. The molecule has 9 heteroatoms. The highest BCUT2D eigenvalue weighted by molar-refractivity contribution is 6.33. The third-order valence-electron chi connectivity index (χ3n) is 5.29. The van der Waals surface area contributed by atoms with Crippen molar-refractivity contribution in [2.45, 2.75) is 31.1 Å². The number of anilines is 2. The Bertz CT molecular complexity index is 1200. The quantitative estimate of drug-likeness (QED) is 0.380. The van der Waals surface area contributed by atoms with Gasteiger partial charge < -0.3 is 16.0 Å². The van der Waals surface area contributed by atoms with Crippen LogP contribution >= 0.6 is 11.6 Å². The van der Waals surface area contributed by atoms with Crippen molar-refractivity contribution in [1.29, 1.82) is 0 Å². The molecule has 2 amide bonds. The summed E-state index contributed by atoms with van der Waals surface area (Å²) in [6.07, 6.45) is -2.67. The Kier molecular flexibility index (Phi) is 6.79. The molecule has 5 nitrogen and oxygen atoms in total. The Morgan fingerprint density at radius 3 is 2.35 bits per heavy atom. The maximum atomic E-state index is 13.2. The topological polar surface area (TPSA) is 70.2 Å². The molecule has 1 fully saturated rings. The molecule has 4 rings (SSSR count). The molecular weight excluding hydrogens is 467 g/mol. The molecule has 1 aliphatic rings. The monoisotopic (exact) mass is 487 g/mol. The van der Waals surface area contributed by atoms with Crippen molar-refractivity contribution in [2.75, 3.05) is 10.6 Å². The van der Waals surface area contributed by atoms with E-state index in [2.05, 4.69) is 16.0 Å². The van der Waals surface area contributed by atoms with Crippen molar-refractivity contribution in [3.05, 3.63) is 94.5 Å². The molecule has 3 N–H and O–H groups in total. The van der Waals surface area contributed by atoms with Crippen molar-refractivity contribution >= 4 is 34.8 Å². The minimum absolute atomic E-state index is 0.0214. The molecule has 0 bridgehead atoms. The van der Waals surface area contributed by atoms with Crippen LogP contribution in [-0.2, 0) is 11.0 Å². The fourth-order valence-corrected chi connectivity index (χ4v) is 3.53. The van der Waals surface area contributed by atoms with E-state index in [0.717, 1.165) is 31.0 Å². The van der Waals surface area contributed by atoms with Gasteiger partial charge in [-0.3, -0.25) is 9.59 Å². The summed E-state index contributed by atoms with van der Waals surface area (Å²) >= 11 is 6.06. The maximum absolute atomic E-state index is 13.2. The van der Waals surface area contributed by atoms with Gasteiger partial charge in [0, 0.05) is 17.3 Å². The minimum Gasteiger partial charge on any atom is -0.370 e. The van der Waals surface area contributed by atoms with E-state index in [1.165, 1.54) is 0 Å².